The van der Waals surface area contributed by atoms with E-state index in [9.17, 15) is 9.59 Å². The highest BCUT2D eigenvalue weighted by molar-refractivity contribution is 6.32. The maximum absolute atomic E-state index is 13.3. The van der Waals surface area contributed by atoms with Crippen molar-refractivity contribution in [3.8, 4) is 22.9 Å². The van der Waals surface area contributed by atoms with E-state index < -0.39 is 12.1 Å². The van der Waals surface area contributed by atoms with Crippen molar-refractivity contribution < 1.29 is 19.0 Å². The van der Waals surface area contributed by atoms with Crippen LogP contribution in [-0.4, -0.2) is 41.7 Å². The van der Waals surface area contributed by atoms with Crippen LogP contribution in [0.5, 0.6) is 11.5 Å². The summed E-state index contributed by atoms with van der Waals surface area (Å²) in [5.74, 6) is 0.383. The van der Waals surface area contributed by atoms with Gasteiger partial charge in [0.05, 0.1) is 35.9 Å². The third-order valence-electron chi connectivity index (χ3n) is 5.27. The molecular formula is C27H24ClN3O5. The molecule has 1 atom stereocenters. The fourth-order valence-electron chi connectivity index (χ4n) is 3.54. The van der Waals surface area contributed by atoms with Crippen LogP contribution in [0.2, 0.25) is 5.02 Å². The van der Waals surface area contributed by atoms with Gasteiger partial charge in [0.1, 0.15) is 0 Å². The molecule has 184 valence electrons. The van der Waals surface area contributed by atoms with Gasteiger partial charge in [-0.15, -0.1) is 0 Å². The van der Waals surface area contributed by atoms with Gasteiger partial charge in [-0.05, 0) is 43.7 Å². The lowest BCUT2D eigenvalue weighted by Crippen LogP contribution is -2.26. The second-order valence-electron chi connectivity index (χ2n) is 7.73. The highest BCUT2D eigenvalue weighted by atomic mass is 35.5. The largest absolute Gasteiger partial charge is 0.493 e. The predicted molar refractivity (Wildman–Crippen MR) is 139 cm³/mol. The molecule has 0 saturated carbocycles. The van der Waals surface area contributed by atoms with Crippen LogP contribution in [0.25, 0.3) is 22.3 Å². The van der Waals surface area contributed by atoms with Crippen molar-refractivity contribution in [1.82, 2.24) is 9.66 Å². The molecule has 3 aromatic carbocycles. The molecule has 9 heteroatoms. The van der Waals surface area contributed by atoms with Gasteiger partial charge in [0, 0.05) is 5.56 Å². The Bertz CT molecular complexity index is 1480. The normalized spacial score (nSPS) is 12.0. The summed E-state index contributed by atoms with van der Waals surface area (Å²) in [5.41, 5.74) is 1.56. The first-order chi connectivity index (χ1) is 17.4. The maximum atomic E-state index is 13.3. The van der Waals surface area contributed by atoms with Crippen molar-refractivity contribution in [2.45, 2.75) is 20.0 Å². The van der Waals surface area contributed by atoms with Crippen LogP contribution in [0.4, 0.5) is 0 Å². The fourth-order valence-corrected chi connectivity index (χ4v) is 3.81. The van der Waals surface area contributed by atoms with Crippen LogP contribution >= 0.6 is 11.6 Å². The van der Waals surface area contributed by atoms with Crippen LogP contribution < -0.4 is 15.0 Å². The smallest absolute Gasteiger partial charge is 0.347 e. The summed E-state index contributed by atoms with van der Waals surface area (Å²) in [4.78, 5) is 30.0. The lowest BCUT2D eigenvalue weighted by Gasteiger charge is -2.17. The van der Waals surface area contributed by atoms with Crippen LogP contribution in [0.15, 0.2) is 76.6 Å². The van der Waals surface area contributed by atoms with Gasteiger partial charge < -0.3 is 14.2 Å². The zero-order valence-electron chi connectivity index (χ0n) is 20.0. The number of fused-ring (bicyclic) bond motifs is 1. The molecule has 0 N–H and O–H groups in total. The molecule has 0 aliphatic rings. The molecular weight excluding hydrogens is 482 g/mol. The molecule has 8 nitrogen and oxygen atoms in total. The topological polar surface area (TPSA) is 92.0 Å². The minimum absolute atomic E-state index is 0.200. The second kappa shape index (κ2) is 11.0. The number of esters is 1. The summed E-state index contributed by atoms with van der Waals surface area (Å²) >= 11 is 6.46. The Labute approximate surface area is 212 Å². The van der Waals surface area contributed by atoms with Gasteiger partial charge in [0.2, 0.25) is 0 Å². The Morgan fingerprint density at radius 1 is 1.14 bits per heavy atom. The number of halogens is 1. The van der Waals surface area contributed by atoms with E-state index in [4.69, 9.17) is 25.8 Å². The maximum Gasteiger partial charge on any atom is 0.347 e. The van der Waals surface area contributed by atoms with Gasteiger partial charge in [-0.2, -0.15) is 9.78 Å². The number of benzene rings is 3. The van der Waals surface area contributed by atoms with Crippen LogP contribution in [0.1, 0.15) is 19.4 Å². The van der Waals surface area contributed by atoms with Crippen molar-refractivity contribution in [2.75, 3.05) is 13.7 Å². The standard InChI is InChI=1S/C27H24ClN3O5/c1-4-35-27(33)17(2)36-24-21(28)14-18(15-23(24)34-3)16-29-31-25(19-10-6-5-7-11-19)30-22-13-9-8-12-20(22)26(31)32/h5-17H,4H2,1-3H3/t17-/m0/s1. The average molecular weight is 506 g/mol. The van der Waals surface area contributed by atoms with E-state index >= 15 is 0 Å². The summed E-state index contributed by atoms with van der Waals surface area (Å²) in [5, 5.41) is 5.10. The molecule has 0 aliphatic carbocycles. The Morgan fingerprint density at radius 3 is 2.58 bits per heavy atom. The third kappa shape index (κ3) is 5.23. The number of carbonyl (C=O) groups is 1. The highest BCUT2D eigenvalue weighted by Gasteiger charge is 2.21. The third-order valence-corrected chi connectivity index (χ3v) is 5.55. The molecule has 0 bridgehead atoms. The summed E-state index contributed by atoms with van der Waals surface area (Å²) < 4.78 is 17.4. The van der Waals surface area contributed by atoms with Crippen molar-refractivity contribution in [1.29, 1.82) is 0 Å². The van der Waals surface area contributed by atoms with Crippen molar-refractivity contribution >= 4 is 34.7 Å². The molecule has 36 heavy (non-hydrogen) atoms. The zero-order valence-corrected chi connectivity index (χ0v) is 20.7. The summed E-state index contributed by atoms with van der Waals surface area (Å²) in [6.07, 6.45) is 0.601. The number of rotatable bonds is 8. The average Bonchev–Trinajstić information content (AvgIpc) is 2.89. The molecule has 0 fully saturated rings. The number of ether oxygens (including phenoxy) is 3. The second-order valence-corrected chi connectivity index (χ2v) is 8.13. The molecule has 0 saturated heterocycles. The lowest BCUT2D eigenvalue weighted by atomic mass is 10.2. The number of hydrogen-bond acceptors (Lipinski definition) is 7. The fraction of sp³-hybridized carbons (Fsp3) is 0.185. The SMILES string of the molecule is CCOC(=O)[C@H](C)Oc1c(Cl)cc(C=Nn2c(-c3ccccc3)nc3ccccc3c2=O)cc1OC. The zero-order chi connectivity index (χ0) is 25.7. The van der Waals surface area contributed by atoms with Crippen LogP contribution in [-0.2, 0) is 9.53 Å². The molecule has 0 radical (unpaired) electrons. The van der Waals surface area contributed by atoms with E-state index in [1.807, 2.05) is 36.4 Å². The number of aromatic nitrogens is 2. The van der Waals surface area contributed by atoms with Crippen LogP contribution in [0, 0.1) is 0 Å². The number of nitrogens with zero attached hydrogens (tertiary/aromatic N) is 3. The summed E-state index contributed by atoms with van der Waals surface area (Å²) in [7, 11) is 1.46. The summed E-state index contributed by atoms with van der Waals surface area (Å²) in [6.45, 7) is 3.51. The molecule has 1 aromatic heterocycles. The van der Waals surface area contributed by atoms with E-state index in [1.54, 1.807) is 44.2 Å². The Hall–Kier alpha value is -4.17. The molecule has 4 aromatic rings. The first-order valence-corrected chi connectivity index (χ1v) is 11.6. The quantitative estimate of drug-likeness (QED) is 0.249. The minimum atomic E-state index is -0.883. The molecule has 0 amide bonds. The van der Waals surface area contributed by atoms with Crippen molar-refractivity contribution in [3.05, 3.63) is 87.7 Å². The molecule has 1 heterocycles. The van der Waals surface area contributed by atoms with E-state index in [0.29, 0.717) is 28.0 Å². The van der Waals surface area contributed by atoms with Gasteiger partial charge in [-0.25, -0.2) is 9.78 Å². The molecule has 4 rings (SSSR count). The number of hydrogen-bond donors (Lipinski definition) is 0. The number of para-hydroxylation sites is 1. The van der Waals surface area contributed by atoms with Crippen molar-refractivity contribution in [2.24, 2.45) is 5.10 Å². The van der Waals surface area contributed by atoms with Gasteiger partial charge in [-0.1, -0.05) is 54.1 Å². The predicted octanol–water partition coefficient (Wildman–Crippen LogP) is 4.94. The first-order valence-electron chi connectivity index (χ1n) is 11.2. The Kier molecular flexibility index (Phi) is 7.65. The summed E-state index contributed by atoms with van der Waals surface area (Å²) in [6, 6.07) is 19.7. The van der Waals surface area contributed by atoms with Gasteiger partial charge in [0.15, 0.2) is 23.4 Å². The highest BCUT2D eigenvalue weighted by Crippen LogP contribution is 2.37. The molecule has 0 aliphatic heterocycles. The van der Waals surface area contributed by atoms with Gasteiger partial charge >= 0.3 is 5.97 Å². The van der Waals surface area contributed by atoms with E-state index in [1.165, 1.54) is 18.0 Å². The van der Waals surface area contributed by atoms with E-state index in [0.717, 1.165) is 5.56 Å². The Balaban J connectivity index is 1.75. The van der Waals surface area contributed by atoms with Gasteiger partial charge in [0.25, 0.3) is 5.56 Å². The van der Waals surface area contributed by atoms with E-state index in [2.05, 4.69) is 10.1 Å². The van der Waals surface area contributed by atoms with Crippen molar-refractivity contribution in [3.63, 3.8) is 0 Å². The van der Waals surface area contributed by atoms with Crippen LogP contribution in [0.3, 0.4) is 0 Å². The number of methoxy groups -OCH3 is 1. The minimum Gasteiger partial charge on any atom is -0.493 e. The Morgan fingerprint density at radius 2 is 1.86 bits per heavy atom. The monoisotopic (exact) mass is 505 g/mol. The van der Waals surface area contributed by atoms with E-state index in [-0.39, 0.29) is 22.9 Å². The lowest BCUT2D eigenvalue weighted by molar-refractivity contribution is -0.150. The first kappa shape index (κ1) is 24.9. The molecule has 0 unspecified atom stereocenters. The van der Waals surface area contributed by atoms with Gasteiger partial charge in [-0.3, -0.25) is 4.79 Å². The number of carbonyl (C=O) groups excluding carboxylic acids is 1. The molecule has 0 spiro atoms.